The Hall–Kier alpha value is -3.97. The van der Waals surface area contributed by atoms with Gasteiger partial charge in [-0.3, -0.25) is 14.2 Å². The van der Waals surface area contributed by atoms with Gasteiger partial charge in [-0.25, -0.2) is 4.79 Å². The van der Waals surface area contributed by atoms with E-state index >= 15 is 0 Å². The molecule has 0 saturated carbocycles. The molecule has 0 saturated heterocycles. The fourth-order valence-corrected chi connectivity index (χ4v) is 3.65. The largest absolute Gasteiger partial charge is 0.352 e. The van der Waals surface area contributed by atoms with Crippen molar-refractivity contribution in [2.45, 2.75) is 19.5 Å². The summed E-state index contributed by atoms with van der Waals surface area (Å²) in [6.45, 7) is 1.76. The van der Waals surface area contributed by atoms with Crippen molar-refractivity contribution in [2.75, 3.05) is 0 Å². The molecule has 33 heavy (non-hydrogen) atoms. The number of carbonyl (C=O) groups excluding carboxylic acids is 1. The van der Waals surface area contributed by atoms with Gasteiger partial charge in [-0.15, -0.1) is 0 Å². The first-order chi connectivity index (χ1) is 15.9. The van der Waals surface area contributed by atoms with E-state index in [1.54, 1.807) is 54.6 Å². The number of aromatic nitrogens is 3. The predicted octanol–water partition coefficient (Wildman–Crippen LogP) is 3.59. The molecule has 0 radical (unpaired) electrons. The highest BCUT2D eigenvalue weighted by Gasteiger charge is 2.22. The number of rotatable bonds is 6. The molecular formula is C25H21ClN4O3. The molecule has 8 heteroatoms. The number of benzene rings is 3. The van der Waals surface area contributed by atoms with Crippen LogP contribution >= 0.6 is 11.6 Å². The molecule has 0 aliphatic carbocycles. The number of hydrogen-bond donors (Lipinski definition) is 1. The van der Waals surface area contributed by atoms with E-state index < -0.39 is 17.2 Å². The minimum atomic E-state index is -0.773. The highest BCUT2D eigenvalue weighted by atomic mass is 35.5. The summed E-state index contributed by atoms with van der Waals surface area (Å²) in [5.41, 5.74) is 0.164. The lowest BCUT2D eigenvalue weighted by Crippen LogP contribution is -2.46. The molecule has 0 unspecified atom stereocenters. The lowest BCUT2D eigenvalue weighted by Gasteiger charge is -2.15. The Morgan fingerprint density at radius 1 is 0.970 bits per heavy atom. The van der Waals surface area contributed by atoms with Crippen molar-refractivity contribution in [1.29, 1.82) is 0 Å². The van der Waals surface area contributed by atoms with Crippen molar-refractivity contribution in [3.63, 3.8) is 0 Å². The molecule has 1 aromatic heterocycles. The molecule has 4 aromatic rings. The van der Waals surface area contributed by atoms with Gasteiger partial charge < -0.3 is 5.32 Å². The van der Waals surface area contributed by atoms with E-state index in [-0.39, 0.29) is 18.3 Å². The minimum absolute atomic E-state index is 0.0535. The average Bonchev–Trinajstić information content (AvgIpc) is 2.83. The van der Waals surface area contributed by atoms with Crippen molar-refractivity contribution < 1.29 is 4.79 Å². The van der Waals surface area contributed by atoms with E-state index in [9.17, 15) is 14.4 Å². The zero-order valence-corrected chi connectivity index (χ0v) is 18.6. The lowest BCUT2D eigenvalue weighted by atomic mass is 10.1. The molecule has 0 bridgehead atoms. The Morgan fingerprint density at radius 3 is 2.30 bits per heavy atom. The smallest absolute Gasteiger partial charge is 0.344 e. The van der Waals surface area contributed by atoms with Crippen LogP contribution in [0, 0.1) is 0 Å². The van der Waals surface area contributed by atoms with Crippen LogP contribution in [0.15, 0.2) is 94.5 Å². The monoisotopic (exact) mass is 460 g/mol. The van der Waals surface area contributed by atoms with E-state index in [2.05, 4.69) is 10.4 Å². The highest BCUT2D eigenvalue weighted by molar-refractivity contribution is 6.30. The van der Waals surface area contributed by atoms with Crippen molar-refractivity contribution in [3.05, 3.63) is 128 Å². The summed E-state index contributed by atoms with van der Waals surface area (Å²) in [6, 6.07) is 24.5. The van der Waals surface area contributed by atoms with Gasteiger partial charge in [0.1, 0.15) is 0 Å². The predicted molar refractivity (Wildman–Crippen MR) is 127 cm³/mol. The maximum atomic E-state index is 13.2. The number of para-hydroxylation sites is 1. The van der Waals surface area contributed by atoms with Gasteiger partial charge in [-0.05, 0) is 42.3 Å². The molecule has 4 rings (SSSR count). The molecule has 0 fully saturated rings. The number of halogens is 1. The molecule has 0 aliphatic rings. The van der Waals surface area contributed by atoms with E-state index in [0.29, 0.717) is 16.3 Å². The maximum Gasteiger partial charge on any atom is 0.352 e. The number of hydrogen-bond acceptors (Lipinski definition) is 4. The molecule has 0 aliphatic heterocycles. The summed E-state index contributed by atoms with van der Waals surface area (Å²) in [5, 5.41) is 7.42. The van der Waals surface area contributed by atoms with Crippen LogP contribution in [0.2, 0.25) is 5.02 Å². The van der Waals surface area contributed by atoms with Gasteiger partial charge in [-0.1, -0.05) is 72.3 Å². The zero-order chi connectivity index (χ0) is 23.4. The number of amides is 1. The zero-order valence-electron chi connectivity index (χ0n) is 17.8. The number of nitrogens with zero attached hydrogens (tertiary/aromatic N) is 3. The van der Waals surface area contributed by atoms with Crippen molar-refractivity contribution >= 4 is 17.5 Å². The minimum Gasteiger partial charge on any atom is -0.344 e. The molecule has 1 atom stereocenters. The second kappa shape index (κ2) is 9.67. The van der Waals surface area contributed by atoms with Crippen LogP contribution in [0.4, 0.5) is 0 Å². The van der Waals surface area contributed by atoms with Crippen molar-refractivity contribution in [3.8, 4) is 5.69 Å². The molecule has 166 valence electrons. The summed E-state index contributed by atoms with van der Waals surface area (Å²) in [5.74, 6) is -0.666. The summed E-state index contributed by atoms with van der Waals surface area (Å²) in [6.07, 6.45) is 0. The van der Waals surface area contributed by atoms with E-state index in [4.69, 9.17) is 11.6 Å². The van der Waals surface area contributed by atoms with Gasteiger partial charge in [0, 0.05) is 5.02 Å². The Morgan fingerprint density at radius 2 is 1.64 bits per heavy atom. The number of carbonyl (C=O) groups is 1. The maximum absolute atomic E-state index is 13.2. The fourth-order valence-electron chi connectivity index (χ4n) is 3.44. The summed E-state index contributed by atoms with van der Waals surface area (Å²) >= 11 is 6.07. The quantitative estimate of drug-likeness (QED) is 0.476. The van der Waals surface area contributed by atoms with Gasteiger partial charge in [0.25, 0.3) is 11.5 Å². The van der Waals surface area contributed by atoms with Crippen LogP contribution in [0.5, 0.6) is 0 Å². The SMILES string of the molecule is C[C@@H](NC(=O)c1nn(-c2ccccc2)c(=O)n(Cc2cccc(Cl)c2)c1=O)c1ccccc1. The molecular weight excluding hydrogens is 440 g/mol. The normalized spacial score (nSPS) is 11.7. The standard InChI is InChI=1S/C25H21ClN4O3/c1-17(19-10-4-2-5-11-19)27-23(31)22-24(32)29(16-18-9-8-12-20(26)15-18)25(33)30(28-22)21-13-6-3-7-14-21/h2-15,17H,16H2,1H3,(H,27,31)/t17-/m1/s1. The van der Waals surface area contributed by atoms with Crippen LogP contribution in [0.3, 0.4) is 0 Å². The van der Waals surface area contributed by atoms with Gasteiger partial charge in [-0.2, -0.15) is 9.78 Å². The van der Waals surface area contributed by atoms with Crippen LogP contribution in [-0.2, 0) is 6.54 Å². The van der Waals surface area contributed by atoms with Gasteiger partial charge in [0.15, 0.2) is 0 Å². The second-order valence-corrected chi connectivity index (χ2v) is 7.94. The van der Waals surface area contributed by atoms with Gasteiger partial charge in [0.05, 0.1) is 18.3 Å². The lowest BCUT2D eigenvalue weighted by molar-refractivity contribution is 0.0930. The summed E-state index contributed by atoms with van der Waals surface area (Å²) < 4.78 is 2.06. The molecule has 0 spiro atoms. The highest BCUT2D eigenvalue weighted by Crippen LogP contribution is 2.13. The van der Waals surface area contributed by atoms with E-state index in [0.717, 1.165) is 14.8 Å². The Bertz CT molecular complexity index is 1400. The van der Waals surface area contributed by atoms with Gasteiger partial charge >= 0.3 is 5.69 Å². The first kappa shape index (κ1) is 22.2. The average molecular weight is 461 g/mol. The Balaban J connectivity index is 1.80. The topological polar surface area (TPSA) is 86.0 Å². The van der Waals surface area contributed by atoms with Gasteiger partial charge in [0.2, 0.25) is 5.69 Å². The molecule has 1 heterocycles. The van der Waals surface area contributed by atoms with Crippen LogP contribution in [0.1, 0.15) is 34.6 Å². The van der Waals surface area contributed by atoms with Crippen molar-refractivity contribution in [1.82, 2.24) is 19.7 Å². The second-order valence-electron chi connectivity index (χ2n) is 7.51. The van der Waals surface area contributed by atoms with E-state index in [1.807, 2.05) is 37.3 Å². The molecule has 1 N–H and O–H groups in total. The number of nitrogens with one attached hydrogen (secondary N) is 1. The molecule has 1 amide bonds. The first-order valence-corrected chi connectivity index (χ1v) is 10.7. The Labute approximate surface area is 194 Å². The first-order valence-electron chi connectivity index (χ1n) is 10.3. The third-order valence-electron chi connectivity index (χ3n) is 5.15. The van der Waals surface area contributed by atoms with Crippen molar-refractivity contribution in [2.24, 2.45) is 0 Å². The van der Waals surface area contributed by atoms with E-state index in [1.165, 1.54) is 0 Å². The fraction of sp³-hybridized carbons (Fsp3) is 0.120. The van der Waals surface area contributed by atoms with Crippen LogP contribution < -0.4 is 16.6 Å². The summed E-state index contributed by atoms with van der Waals surface area (Å²) in [7, 11) is 0. The summed E-state index contributed by atoms with van der Waals surface area (Å²) in [4.78, 5) is 39.5. The molecule has 7 nitrogen and oxygen atoms in total. The molecule has 3 aromatic carbocycles. The Kier molecular flexibility index (Phi) is 6.51. The van der Waals surface area contributed by atoms with Crippen LogP contribution in [0.25, 0.3) is 5.69 Å². The van der Waals surface area contributed by atoms with Crippen LogP contribution in [-0.4, -0.2) is 20.3 Å². The third kappa shape index (κ3) is 4.94. The third-order valence-corrected chi connectivity index (χ3v) is 5.39.